The first-order valence-electron chi connectivity index (χ1n) is 14.7. The summed E-state index contributed by atoms with van der Waals surface area (Å²) in [6.07, 6.45) is 4.61. The van der Waals surface area contributed by atoms with Crippen molar-refractivity contribution in [2.75, 3.05) is 13.2 Å². The molecule has 8 nitrogen and oxygen atoms in total. The minimum atomic E-state index is -0.813. The molecule has 2 aromatic carbocycles. The second-order valence-corrected chi connectivity index (χ2v) is 11.7. The molecule has 0 spiro atoms. The van der Waals surface area contributed by atoms with E-state index in [1.54, 1.807) is 0 Å². The summed E-state index contributed by atoms with van der Waals surface area (Å²) >= 11 is 0. The van der Waals surface area contributed by atoms with Crippen LogP contribution in [-0.4, -0.2) is 40.2 Å². The number of fused-ring (bicyclic) bond motifs is 1. The van der Waals surface area contributed by atoms with Gasteiger partial charge in [0.15, 0.2) is 6.23 Å². The number of benzene rings is 2. The van der Waals surface area contributed by atoms with E-state index >= 15 is 0 Å². The fourth-order valence-electron chi connectivity index (χ4n) is 5.35. The van der Waals surface area contributed by atoms with E-state index in [2.05, 4.69) is 60.6 Å². The summed E-state index contributed by atoms with van der Waals surface area (Å²) in [6.45, 7) is 9.11. The van der Waals surface area contributed by atoms with Crippen LogP contribution in [0.15, 0.2) is 72.9 Å². The van der Waals surface area contributed by atoms with Crippen molar-refractivity contribution < 1.29 is 19.0 Å². The van der Waals surface area contributed by atoms with Crippen LogP contribution >= 0.6 is 0 Å². The van der Waals surface area contributed by atoms with Crippen LogP contribution in [0.2, 0.25) is 0 Å². The second-order valence-electron chi connectivity index (χ2n) is 11.7. The lowest BCUT2D eigenvalue weighted by Gasteiger charge is -2.30. The fraction of sp³-hybridized carbons (Fsp3) is 0.382. The largest absolute Gasteiger partial charge is 0.486 e. The van der Waals surface area contributed by atoms with Gasteiger partial charge in [0.05, 0.1) is 17.4 Å². The molecule has 1 aliphatic heterocycles. The maximum Gasteiger partial charge on any atom is 0.404 e. The van der Waals surface area contributed by atoms with Gasteiger partial charge in [-0.25, -0.2) is 14.5 Å². The molecule has 0 saturated carbocycles. The highest BCUT2D eigenvalue weighted by atomic mass is 16.6. The number of rotatable bonds is 9. The van der Waals surface area contributed by atoms with E-state index in [-0.39, 0.29) is 24.4 Å². The minimum Gasteiger partial charge on any atom is -0.486 e. The van der Waals surface area contributed by atoms with Crippen LogP contribution in [0.3, 0.4) is 0 Å². The molecular weight excluding hydrogens is 528 g/mol. The summed E-state index contributed by atoms with van der Waals surface area (Å²) in [6, 6.07) is 22.6. The van der Waals surface area contributed by atoms with Crippen LogP contribution in [0.5, 0.6) is 5.75 Å². The lowest BCUT2D eigenvalue weighted by Crippen LogP contribution is -2.37. The van der Waals surface area contributed by atoms with Gasteiger partial charge in [-0.1, -0.05) is 70.2 Å². The van der Waals surface area contributed by atoms with Crippen LogP contribution in [0, 0.1) is 5.41 Å². The Balaban J connectivity index is 1.53. The van der Waals surface area contributed by atoms with Gasteiger partial charge in [-0.3, -0.25) is 0 Å². The van der Waals surface area contributed by atoms with E-state index in [9.17, 15) is 4.79 Å². The molecule has 5 rings (SSSR count). The Bertz CT molecular complexity index is 1530. The molecule has 42 heavy (non-hydrogen) atoms. The van der Waals surface area contributed by atoms with E-state index in [1.807, 2.05) is 49.8 Å². The van der Waals surface area contributed by atoms with Crippen molar-refractivity contribution in [2.45, 2.75) is 65.7 Å². The number of ether oxygens (including phenoxy) is 3. The summed E-state index contributed by atoms with van der Waals surface area (Å²) in [5.74, 6) is 0.682. The van der Waals surface area contributed by atoms with Crippen molar-refractivity contribution >= 4 is 28.3 Å². The summed E-state index contributed by atoms with van der Waals surface area (Å²) < 4.78 is 19.3. The molecule has 0 radical (unpaired) electrons. The summed E-state index contributed by atoms with van der Waals surface area (Å²) in [4.78, 5) is 16.3. The zero-order valence-corrected chi connectivity index (χ0v) is 24.9. The topological polar surface area (TPSA) is 101 Å². The molecule has 2 unspecified atom stereocenters. The number of aromatic nitrogens is 3. The van der Waals surface area contributed by atoms with Crippen LogP contribution in [0.1, 0.15) is 76.4 Å². The lowest BCUT2D eigenvalue weighted by molar-refractivity contribution is -0.0366. The SMILES string of the molecule is CCC(=C(c1ccc(OC(COC(N)=O)C(C)(C)C)cc1)c1ccc2c(cnn2C2CCCCO2)n1)c1ccccc1. The molecule has 2 atom stereocenters. The third-order valence-corrected chi connectivity index (χ3v) is 7.68. The van der Waals surface area contributed by atoms with Gasteiger partial charge in [0.2, 0.25) is 0 Å². The molecule has 2 N–H and O–H groups in total. The Kier molecular flexibility index (Phi) is 8.92. The molecule has 1 fully saturated rings. The second kappa shape index (κ2) is 12.8. The van der Waals surface area contributed by atoms with E-state index in [0.717, 1.165) is 65.7 Å². The Labute approximate surface area is 247 Å². The lowest BCUT2D eigenvalue weighted by atomic mass is 9.89. The zero-order chi connectivity index (χ0) is 29.7. The number of hydrogen-bond acceptors (Lipinski definition) is 6. The number of carbonyl (C=O) groups is 1. The number of amides is 1. The minimum absolute atomic E-state index is 0.0488. The first kappa shape index (κ1) is 29.3. The highest BCUT2D eigenvalue weighted by Gasteiger charge is 2.28. The number of carbonyl (C=O) groups excluding carboxylic acids is 1. The standard InChI is InChI=1S/C34H40N4O4/c1-5-26(23-11-7-6-8-12-23)32(24-14-16-25(17-15-24)42-30(34(2,3)4)22-41-33(35)39)27-18-19-29-28(37-27)21-36-38(29)31-13-9-10-20-40-31/h6-8,11-12,14-19,21,30-31H,5,9-10,13,20,22H2,1-4H3,(H2,35,39). The normalized spacial score (nSPS) is 17.0. The van der Waals surface area contributed by atoms with Crippen molar-refractivity contribution in [1.29, 1.82) is 0 Å². The van der Waals surface area contributed by atoms with Crippen LogP contribution in [-0.2, 0) is 9.47 Å². The van der Waals surface area contributed by atoms with Crippen molar-refractivity contribution in [3.8, 4) is 5.75 Å². The Hall–Kier alpha value is -4.17. The number of hydrogen-bond donors (Lipinski definition) is 1. The summed E-state index contributed by atoms with van der Waals surface area (Å²) in [5, 5.41) is 4.66. The first-order chi connectivity index (χ1) is 20.2. The predicted octanol–water partition coefficient (Wildman–Crippen LogP) is 7.39. The molecule has 8 heteroatoms. The Morgan fingerprint density at radius 1 is 1.05 bits per heavy atom. The predicted molar refractivity (Wildman–Crippen MR) is 165 cm³/mol. The maximum atomic E-state index is 11.2. The molecule has 1 amide bonds. The van der Waals surface area contributed by atoms with Crippen molar-refractivity contribution in [3.63, 3.8) is 0 Å². The maximum absolute atomic E-state index is 11.2. The van der Waals surface area contributed by atoms with Gasteiger partial charge in [-0.15, -0.1) is 0 Å². The van der Waals surface area contributed by atoms with Crippen molar-refractivity contribution in [1.82, 2.24) is 14.8 Å². The average molecular weight is 569 g/mol. The van der Waals surface area contributed by atoms with Crippen molar-refractivity contribution in [3.05, 3.63) is 89.7 Å². The average Bonchev–Trinajstić information content (AvgIpc) is 3.42. The molecule has 2 aromatic heterocycles. The van der Waals surface area contributed by atoms with Crippen LogP contribution < -0.4 is 10.5 Å². The Morgan fingerprint density at radius 2 is 1.81 bits per heavy atom. The molecule has 1 saturated heterocycles. The molecule has 220 valence electrons. The van der Waals surface area contributed by atoms with Gasteiger partial charge in [-0.05, 0) is 66.6 Å². The molecule has 0 aliphatic carbocycles. The van der Waals surface area contributed by atoms with E-state index in [0.29, 0.717) is 5.75 Å². The molecule has 3 heterocycles. The van der Waals surface area contributed by atoms with E-state index < -0.39 is 6.09 Å². The van der Waals surface area contributed by atoms with Gasteiger partial charge >= 0.3 is 6.09 Å². The van der Waals surface area contributed by atoms with Crippen molar-refractivity contribution in [2.24, 2.45) is 11.1 Å². The number of pyridine rings is 1. The summed E-state index contributed by atoms with van der Waals surface area (Å²) in [5.41, 5.74) is 12.1. The molecule has 0 bridgehead atoms. The third kappa shape index (κ3) is 6.65. The highest BCUT2D eigenvalue weighted by Crippen LogP contribution is 2.36. The van der Waals surface area contributed by atoms with Gasteiger partial charge in [-0.2, -0.15) is 5.10 Å². The number of allylic oxidation sites excluding steroid dienone is 1. The van der Waals surface area contributed by atoms with Gasteiger partial charge in [0.1, 0.15) is 24.0 Å². The van der Waals surface area contributed by atoms with E-state index in [1.165, 1.54) is 5.57 Å². The number of nitrogens with two attached hydrogens (primary N) is 1. The molecular formula is C34H40N4O4. The van der Waals surface area contributed by atoms with E-state index in [4.69, 9.17) is 24.9 Å². The molecule has 4 aromatic rings. The van der Waals surface area contributed by atoms with Crippen LogP contribution in [0.4, 0.5) is 4.79 Å². The smallest absolute Gasteiger partial charge is 0.404 e. The first-order valence-corrected chi connectivity index (χ1v) is 14.7. The highest BCUT2D eigenvalue weighted by molar-refractivity contribution is 5.98. The van der Waals surface area contributed by atoms with Gasteiger partial charge in [0, 0.05) is 17.6 Å². The number of primary amides is 1. The third-order valence-electron chi connectivity index (χ3n) is 7.68. The van der Waals surface area contributed by atoms with Gasteiger partial charge in [0.25, 0.3) is 0 Å². The quantitative estimate of drug-likeness (QED) is 0.211. The fourth-order valence-corrected chi connectivity index (χ4v) is 5.35. The summed E-state index contributed by atoms with van der Waals surface area (Å²) in [7, 11) is 0. The van der Waals surface area contributed by atoms with Crippen LogP contribution in [0.25, 0.3) is 22.2 Å². The zero-order valence-electron chi connectivity index (χ0n) is 24.9. The Morgan fingerprint density at radius 3 is 2.45 bits per heavy atom. The molecule has 1 aliphatic rings. The van der Waals surface area contributed by atoms with Gasteiger partial charge < -0.3 is 19.9 Å². The monoisotopic (exact) mass is 568 g/mol. The number of nitrogens with zero attached hydrogens (tertiary/aromatic N) is 3.